The Bertz CT molecular complexity index is 573. The summed E-state index contributed by atoms with van der Waals surface area (Å²) in [6.07, 6.45) is 3.92. The van der Waals surface area contributed by atoms with Gasteiger partial charge < -0.3 is 4.74 Å². The van der Waals surface area contributed by atoms with Crippen LogP contribution in [-0.2, 0) is 0 Å². The Kier molecular flexibility index (Phi) is 5.89. The first-order valence-electron chi connectivity index (χ1n) is 6.03. The van der Waals surface area contributed by atoms with Crippen molar-refractivity contribution in [3.8, 4) is 5.75 Å². The molecule has 2 nitrogen and oxygen atoms in total. The normalized spacial score (nSPS) is 12.5. The van der Waals surface area contributed by atoms with E-state index in [2.05, 4.69) is 4.74 Å². The maximum atomic E-state index is 13.9. The van der Waals surface area contributed by atoms with Gasteiger partial charge in [-0.3, -0.25) is 4.79 Å². The van der Waals surface area contributed by atoms with Gasteiger partial charge in [-0.15, -0.1) is 0 Å². The molecular formula is C15H15ClF2O2. The van der Waals surface area contributed by atoms with Gasteiger partial charge in [-0.1, -0.05) is 30.7 Å². The lowest BCUT2D eigenvalue weighted by molar-refractivity contribution is 0.103. The average molecular weight is 301 g/mol. The van der Waals surface area contributed by atoms with Crippen LogP contribution in [0.5, 0.6) is 5.75 Å². The Labute approximate surface area is 121 Å². The smallest absolute Gasteiger partial charge is 0.197 e. The Balaban J connectivity index is 3.30. The van der Waals surface area contributed by atoms with Crippen molar-refractivity contribution >= 4 is 17.4 Å². The summed E-state index contributed by atoms with van der Waals surface area (Å²) in [5.74, 6) is -2.57. The molecule has 0 aliphatic carbocycles. The molecule has 0 spiro atoms. The number of ether oxygens (including phenoxy) is 1. The minimum absolute atomic E-state index is 0.136. The molecule has 1 aromatic carbocycles. The van der Waals surface area contributed by atoms with Crippen LogP contribution in [0.25, 0.3) is 0 Å². The molecule has 0 saturated heterocycles. The van der Waals surface area contributed by atoms with Gasteiger partial charge in [0, 0.05) is 16.7 Å². The number of allylic oxidation sites excluding steroid dienone is 4. The molecule has 0 aliphatic rings. The summed E-state index contributed by atoms with van der Waals surface area (Å²) >= 11 is 5.84. The van der Waals surface area contributed by atoms with E-state index in [4.69, 9.17) is 11.6 Å². The number of hydrogen-bond acceptors (Lipinski definition) is 2. The minimum atomic E-state index is -0.853. The van der Waals surface area contributed by atoms with E-state index in [1.54, 1.807) is 6.08 Å². The van der Waals surface area contributed by atoms with Crippen LogP contribution in [-0.4, -0.2) is 12.9 Å². The monoisotopic (exact) mass is 300 g/mol. The molecule has 0 radical (unpaired) electrons. The molecule has 1 rings (SSSR count). The van der Waals surface area contributed by atoms with Gasteiger partial charge in [-0.2, -0.15) is 0 Å². The number of carbonyl (C=O) groups excluding carboxylic acids is 1. The number of halogens is 3. The van der Waals surface area contributed by atoms with Crippen LogP contribution in [0.1, 0.15) is 30.6 Å². The van der Waals surface area contributed by atoms with Gasteiger partial charge in [0.25, 0.3) is 0 Å². The third kappa shape index (κ3) is 3.67. The largest absolute Gasteiger partial charge is 0.494 e. The predicted molar refractivity (Wildman–Crippen MR) is 75.2 cm³/mol. The molecule has 0 aliphatic heterocycles. The zero-order valence-electron chi connectivity index (χ0n) is 11.5. The number of ketones is 1. The number of Topliss-reactive ketones (excluding diaryl/α,β-unsaturated/α-hetero) is 1. The van der Waals surface area contributed by atoms with Crippen molar-refractivity contribution in [3.05, 3.63) is 52.1 Å². The molecule has 20 heavy (non-hydrogen) atoms. The lowest BCUT2D eigenvalue weighted by atomic mass is 10.0. The molecule has 0 aromatic heterocycles. The molecule has 0 saturated carbocycles. The SMILES string of the molecule is CC/C=C\C(C(=O)c1cc(F)c(OC)cc1F)=C(/C)Cl. The van der Waals surface area contributed by atoms with Gasteiger partial charge in [0.15, 0.2) is 17.3 Å². The zero-order chi connectivity index (χ0) is 15.3. The van der Waals surface area contributed by atoms with Crippen LogP contribution in [0.3, 0.4) is 0 Å². The molecule has 0 unspecified atom stereocenters. The second-order valence-electron chi connectivity index (χ2n) is 4.05. The maximum Gasteiger partial charge on any atom is 0.197 e. The van der Waals surface area contributed by atoms with Gasteiger partial charge in [0.1, 0.15) is 5.82 Å². The number of rotatable bonds is 5. The van der Waals surface area contributed by atoms with Gasteiger partial charge in [-0.05, 0) is 19.4 Å². The van der Waals surface area contributed by atoms with E-state index < -0.39 is 17.4 Å². The van der Waals surface area contributed by atoms with Crippen LogP contribution in [0.2, 0.25) is 0 Å². The highest BCUT2D eigenvalue weighted by atomic mass is 35.5. The van der Waals surface area contributed by atoms with Gasteiger partial charge in [0.05, 0.1) is 12.7 Å². The first-order chi connectivity index (χ1) is 9.42. The van der Waals surface area contributed by atoms with Gasteiger partial charge >= 0.3 is 0 Å². The van der Waals surface area contributed by atoms with Crippen LogP contribution in [0, 0.1) is 11.6 Å². The summed E-state index contributed by atoms with van der Waals surface area (Å²) in [4.78, 5) is 12.2. The molecule has 0 atom stereocenters. The van der Waals surface area contributed by atoms with Crippen molar-refractivity contribution in [3.63, 3.8) is 0 Å². The van der Waals surface area contributed by atoms with Crippen molar-refractivity contribution < 1.29 is 18.3 Å². The fourth-order valence-electron chi connectivity index (χ4n) is 1.59. The maximum absolute atomic E-state index is 13.9. The summed E-state index contributed by atoms with van der Waals surface area (Å²) in [6, 6.07) is 1.66. The summed E-state index contributed by atoms with van der Waals surface area (Å²) < 4.78 is 32.1. The topological polar surface area (TPSA) is 26.3 Å². The second kappa shape index (κ2) is 7.20. The third-order valence-electron chi connectivity index (χ3n) is 2.62. The second-order valence-corrected chi connectivity index (χ2v) is 4.62. The first-order valence-corrected chi connectivity index (χ1v) is 6.40. The van der Waals surface area contributed by atoms with E-state index in [0.717, 1.165) is 12.1 Å². The third-order valence-corrected chi connectivity index (χ3v) is 2.83. The van der Waals surface area contributed by atoms with Crippen molar-refractivity contribution in [2.24, 2.45) is 0 Å². The minimum Gasteiger partial charge on any atom is -0.494 e. The Morgan fingerprint density at radius 1 is 1.35 bits per heavy atom. The summed E-state index contributed by atoms with van der Waals surface area (Å²) in [7, 11) is 1.22. The number of hydrogen-bond donors (Lipinski definition) is 0. The highest BCUT2D eigenvalue weighted by molar-refractivity contribution is 6.33. The molecule has 108 valence electrons. The number of carbonyl (C=O) groups is 1. The fourth-order valence-corrected chi connectivity index (χ4v) is 1.74. The zero-order valence-corrected chi connectivity index (χ0v) is 12.2. The Morgan fingerprint density at radius 3 is 2.50 bits per heavy atom. The quantitative estimate of drug-likeness (QED) is 0.450. The molecular weight excluding hydrogens is 286 g/mol. The molecule has 5 heteroatoms. The summed E-state index contributed by atoms with van der Waals surface area (Å²) in [6.45, 7) is 3.41. The van der Waals surface area contributed by atoms with Gasteiger partial charge in [0.2, 0.25) is 0 Å². The lowest BCUT2D eigenvalue weighted by Crippen LogP contribution is -2.07. The van der Waals surface area contributed by atoms with Crippen LogP contribution in [0.15, 0.2) is 34.9 Å². The van der Waals surface area contributed by atoms with E-state index >= 15 is 0 Å². The van der Waals surface area contributed by atoms with E-state index in [0.29, 0.717) is 6.42 Å². The Morgan fingerprint density at radius 2 is 2.00 bits per heavy atom. The van der Waals surface area contributed by atoms with Crippen LogP contribution < -0.4 is 4.74 Å². The molecule has 0 fully saturated rings. The van der Waals surface area contributed by atoms with Crippen molar-refractivity contribution in [1.29, 1.82) is 0 Å². The van der Waals surface area contributed by atoms with Crippen molar-refractivity contribution in [2.75, 3.05) is 7.11 Å². The summed E-state index contributed by atoms with van der Waals surface area (Å²) in [5.41, 5.74) is -0.240. The molecule has 0 amide bonds. The van der Waals surface area contributed by atoms with E-state index in [9.17, 15) is 13.6 Å². The Hall–Kier alpha value is -1.68. The van der Waals surface area contributed by atoms with Crippen molar-refractivity contribution in [1.82, 2.24) is 0 Å². The predicted octanol–water partition coefficient (Wildman–Crippen LogP) is 4.64. The van der Waals surface area contributed by atoms with Crippen LogP contribution in [0.4, 0.5) is 8.78 Å². The summed E-state index contributed by atoms with van der Waals surface area (Å²) in [5, 5.41) is 0.218. The molecule has 0 N–H and O–H groups in total. The highest BCUT2D eigenvalue weighted by Crippen LogP contribution is 2.25. The number of benzene rings is 1. The first kappa shape index (κ1) is 16.4. The molecule has 0 heterocycles. The number of methoxy groups -OCH3 is 1. The van der Waals surface area contributed by atoms with E-state index in [-0.39, 0.29) is 21.9 Å². The standard InChI is InChI=1S/C15H15ClF2O2/c1-4-5-6-10(9(2)16)15(19)11-7-13(18)14(20-3)8-12(11)17/h5-8H,4H2,1-3H3/b6-5-,10-9-. The van der Waals surface area contributed by atoms with E-state index in [1.807, 2.05) is 6.92 Å². The van der Waals surface area contributed by atoms with Crippen LogP contribution >= 0.6 is 11.6 Å². The molecule has 0 bridgehead atoms. The highest BCUT2D eigenvalue weighted by Gasteiger charge is 2.19. The lowest BCUT2D eigenvalue weighted by Gasteiger charge is -2.08. The van der Waals surface area contributed by atoms with E-state index in [1.165, 1.54) is 20.1 Å². The van der Waals surface area contributed by atoms with Crippen molar-refractivity contribution in [2.45, 2.75) is 20.3 Å². The van der Waals surface area contributed by atoms with Gasteiger partial charge in [-0.25, -0.2) is 8.78 Å². The fraction of sp³-hybridized carbons (Fsp3) is 0.267. The average Bonchev–Trinajstić information content (AvgIpc) is 2.40. The molecule has 1 aromatic rings.